The Labute approximate surface area is 76.4 Å². The van der Waals surface area contributed by atoms with Gasteiger partial charge in [-0.1, -0.05) is 0 Å². The van der Waals surface area contributed by atoms with Crippen molar-refractivity contribution in [1.82, 2.24) is 9.97 Å². The quantitative estimate of drug-likeness (QED) is 0.800. The second-order valence-electron chi connectivity index (χ2n) is 2.04. The lowest BCUT2D eigenvalue weighted by molar-refractivity contribution is 1.33. The molecule has 0 aliphatic rings. The van der Waals surface area contributed by atoms with E-state index in [0.29, 0.717) is 0 Å². The number of aromatic amines is 1. The highest BCUT2D eigenvalue weighted by Gasteiger charge is 2.01. The van der Waals surface area contributed by atoms with Crippen molar-refractivity contribution in [2.75, 3.05) is 0 Å². The maximum absolute atomic E-state index is 4.13. The summed E-state index contributed by atoms with van der Waals surface area (Å²) >= 11 is 5.06. The second-order valence-corrected chi connectivity index (χ2v) is 4.50. The Morgan fingerprint density at radius 1 is 1.45 bits per heavy atom. The van der Waals surface area contributed by atoms with E-state index in [-0.39, 0.29) is 0 Å². The molecule has 4 heteroatoms. The molecule has 56 valence electrons. The van der Waals surface area contributed by atoms with Crippen molar-refractivity contribution < 1.29 is 0 Å². The van der Waals surface area contributed by atoms with E-state index in [4.69, 9.17) is 0 Å². The van der Waals surface area contributed by atoms with Crippen LogP contribution in [0.4, 0.5) is 0 Å². The lowest BCUT2D eigenvalue weighted by Crippen LogP contribution is -1.71. The molecule has 2 nitrogen and oxygen atoms in total. The van der Waals surface area contributed by atoms with E-state index >= 15 is 0 Å². The number of hydrogen-bond donors (Lipinski definition) is 1. The molecule has 2 rings (SSSR count). The maximum Gasteiger partial charge on any atom is 0.147 e. The van der Waals surface area contributed by atoms with E-state index in [1.165, 1.54) is 0 Å². The van der Waals surface area contributed by atoms with Crippen LogP contribution in [0.25, 0.3) is 10.7 Å². The predicted molar refractivity (Wildman–Crippen MR) is 49.6 cm³/mol. The summed E-state index contributed by atoms with van der Waals surface area (Å²) in [6.45, 7) is 0. The number of aromatic nitrogens is 2. The van der Waals surface area contributed by atoms with Crippen LogP contribution in [0.2, 0.25) is 0 Å². The first-order valence-corrected chi connectivity index (χ1v) is 4.72. The Bertz CT molecular complexity index is 339. The van der Waals surface area contributed by atoms with Crippen molar-refractivity contribution in [2.45, 2.75) is 0 Å². The molecular formula is C7H5BrN2S. The minimum atomic E-state index is 0.931. The molecule has 0 saturated carbocycles. The summed E-state index contributed by atoms with van der Waals surface area (Å²) in [4.78, 5) is 8.33. The maximum atomic E-state index is 4.13. The Morgan fingerprint density at radius 2 is 2.36 bits per heavy atom. The van der Waals surface area contributed by atoms with Gasteiger partial charge in [0.1, 0.15) is 5.82 Å². The third kappa shape index (κ3) is 1.36. The molecule has 0 aliphatic heterocycles. The fourth-order valence-electron chi connectivity index (χ4n) is 0.842. The molecule has 0 aliphatic carbocycles. The predicted octanol–water partition coefficient (Wildman–Crippen LogP) is 2.90. The third-order valence-corrected chi connectivity index (χ3v) is 2.94. The third-order valence-electron chi connectivity index (χ3n) is 1.30. The van der Waals surface area contributed by atoms with Gasteiger partial charge in [-0.2, -0.15) is 0 Å². The molecule has 11 heavy (non-hydrogen) atoms. The molecule has 0 aromatic carbocycles. The first-order chi connectivity index (χ1) is 5.36. The SMILES string of the molecule is Brc1ccc(-c2ncc[nH]2)s1. The molecule has 0 amide bonds. The topological polar surface area (TPSA) is 28.7 Å². The van der Waals surface area contributed by atoms with Crippen molar-refractivity contribution in [1.29, 1.82) is 0 Å². The molecule has 0 atom stereocenters. The van der Waals surface area contributed by atoms with E-state index < -0.39 is 0 Å². The van der Waals surface area contributed by atoms with Gasteiger partial charge in [-0.05, 0) is 28.1 Å². The first-order valence-electron chi connectivity index (χ1n) is 3.11. The van der Waals surface area contributed by atoms with E-state index in [1.807, 2.05) is 18.3 Å². The molecule has 0 unspecified atom stereocenters. The van der Waals surface area contributed by atoms with Gasteiger partial charge in [0.25, 0.3) is 0 Å². The number of halogens is 1. The smallest absolute Gasteiger partial charge is 0.147 e. The fraction of sp³-hybridized carbons (Fsp3) is 0. The van der Waals surface area contributed by atoms with Crippen LogP contribution in [0, 0.1) is 0 Å². The van der Waals surface area contributed by atoms with Gasteiger partial charge in [0.15, 0.2) is 0 Å². The zero-order valence-corrected chi connectivity index (χ0v) is 7.95. The summed E-state index contributed by atoms with van der Waals surface area (Å²) in [7, 11) is 0. The van der Waals surface area contributed by atoms with Crippen LogP contribution in [0.1, 0.15) is 0 Å². The molecular weight excluding hydrogens is 224 g/mol. The van der Waals surface area contributed by atoms with Crippen LogP contribution >= 0.6 is 27.3 Å². The molecule has 1 N–H and O–H groups in total. The molecule has 0 spiro atoms. The number of nitrogens with zero attached hydrogens (tertiary/aromatic N) is 1. The van der Waals surface area contributed by atoms with Crippen LogP contribution in [-0.2, 0) is 0 Å². The van der Waals surface area contributed by atoms with Crippen LogP contribution in [0.15, 0.2) is 28.3 Å². The van der Waals surface area contributed by atoms with Gasteiger partial charge in [-0.15, -0.1) is 11.3 Å². The summed E-state index contributed by atoms with van der Waals surface area (Å²) in [6.07, 6.45) is 3.58. The van der Waals surface area contributed by atoms with Crippen LogP contribution in [0.3, 0.4) is 0 Å². The minimum absolute atomic E-state index is 0.931. The molecule has 0 bridgehead atoms. The monoisotopic (exact) mass is 228 g/mol. The van der Waals surface area contributed by atoms with Gasteiger partial charge in [-0.25, -0.2) is 4.98 Å². The zero-order chi connectivity index (χ0) is 7.68. The van der Waals surface area contributed by atoms with Crippen molar-refractivity contribution in [3.63, 3.8) is 0 Å². The van der Waals surface area contributed by atoms with E-state index in [2.05, 4.69) is 25.9 Å². The van der Waals surface area contributed by atoms with Gasteiger partial charge in [0, 0.05) is 12.4 Å². The zero-order valence-electron chi connectivity index (χ0n) is 5.54. The van der Waals surface area contributed by atoms with Crippen LogP contribution < -0.4 is 0 Å². The summed E-state index contributed by atoms with van der Waals surface area (Å²) in [5.41, 5.74) is 0. The van der Waals surface area contributed by atoms with Gasteiger partial charge in [-0.3, -0.25) is 0 Å². The Kier molecular flexibility index (Phi) is 1.79. The molecule has 2 aromatic heterocycles. The van der Waals surface area contributed by atoms with Crippen molar-refractivity contribution in [3.05, 3.63) is 28.3 Å². The van der Waals surface area contributed by atoms with Crippen molar-refractivity contribution in [3.8, 4) is 10.7 Å². The Morgan fingerprint density at radius 3 is 2.91 bits per heavy atom. The highest BCUT2D eigenvalue weighted by Crippen LogP contribution is 2.28. The van der Waals surface area contributed by atoms with Crippen molar-refractivity contribution >= 4 is 27.3 Å². The average molecular weight is 229 g/mol. The first kappa shape index (κ1) is 7.06. The fourth-order valence-corrected chi connectivity index (χ4v) is 2.19. The van der Waals surface area contributed by atoms with E-state index in [9.17, 15) is 0 Å². The summed E-state index contributed by atoms with van der Waals surface area (Å²) in [5, 5.41) is 0. The lowest BCUT2D eigenvalue weighted by Gasteiger charge is -1.85. The second kappa shape index (κ2) is 2.79. The Balaban J connectivity index is 2.45. The van der Waals surface area contributed by atoms with E-state index in [0.717, 1.165) is 14.5 Å². The number of thiophene rings is 1. The summed E-state index contributed by atoms with van der Waals surface area (Å²) in [6, 6.07) is 4.05. The number of hydrogen-bond acceptors (Lipinski definition) is 2. The molecule has 0 radical (unpaired) electrons. The number of imidazole rings is 1. The molecule has 2 aromatic rings. The van der Waals surface area contributed by atoms with Gasteiger partial charge in [0.05, 0.1) is 8.66 Å². The normalized spacial score (nSPS) is 10.3. The van der Waals surface area contributed by atoms with Crippen molar-refractivity contribution in [2.24, 2.45) is 0 Å². The highest BCUT2D eigenvalue weighted by atomic mass is 79.9. The average Bonchev–Trinajstić information content (AvgIpc) is 2.55. The van der Waals surface area contributed by atoms with Crippen LogP contribution in [0.5, 0.6) is 0 Å². The molecule has 0 saturated heterocycles. The number of H-pyrrole nitrogens is 1. The summed E-state index contributed by atoms with van der Waals surface area (Å²) in [5.74, 6) is 0.931. The van der Waals surface area contributed by atoms with Gasteiger partial charge in [0.2, 0.25) is 0 Å². The number of nitrogens with one attached hydrogen (secondary N) is 1. The standard InChI is InChI=1S/C7H5BrN2S/c8-6-2-1-5(11-6)7-9-3-4-10-7/h1-4H,(H,9,10). The van der Waals surface area contributed by atoms with Gasteiger partial charge < -0.3 is 4.98 Å². The summed E-state index contributed by atoms with van der Waals surface area (Å²) < 4.78 is 1.13. The van der Waals surface area contributed by atoms with Gasteiger partial charge >= 0.3 is 0 Å². The molecule has 2 heterocycles. The Hall–Kier alpha value is -0.610. The minimum Gasteiger partial charge on any atom is -0.344 e. The molecule has 0 fully saturated rings. The lowest BCUT2D eigenvalue weighted by atomic mass is 10.4. The number of rotatable bonds is 1. The van der Waals surface area contributed by atoms with Crippen LogP contribution in [-0.4, -0.2) is 9.97 Å². The van der Waals surface area contributed by atoms with E-state index in [1.54, 1.807) is 17.5 Å². The highest BCUT2D eigenvalue weighted by molar-refractivity contribution is 9.11. The largest absolute Gasteiger partial charge is 0.344 e.